The lowest BCUT2D eigenvalue weighted by atomic mass is 10.1. The lowest BCUT2D eigenvalue weighted by molar-refractivity contribution is -0.140. The maximum Gasteiger partial charge on any atom is 0.432 e. The van der Waals surface area contributed by atoms with E-state index in [-0.39, 0.29) is 5.82 Å². The molecule has 2 nitrogen and oxygen atoms in total. The second-order valence-electron chi connectivity index (χ2n) is 3.56. The third kappa shape index (κ3) is 2.36. The molecule has 2 rings (SSSR count). The molecule has 0 fully saturated rings. The molecule has 17 heavy (non-hydrogen) atoms. The molecule has 0 aliphatic rings. The molecule has 2 aromatic rings. The summed E-state index contributed by atoms with van der Waals surface area (Å²) in [6.07, 6.45) is -3.60. The number of H-pyrrole nitrogens is 1. The lowest BCUT2D eigenvalue weighted by Gasteiger charge is -2.05. The van der Waals surface area contributed by atoms with Gasteiger partial charge in [-0.2, -0.15) is 13.2 Å². The Morgan fingerprint density at radius 3 is 2.59 bits per heavy atom. The van der Waals surface area contributed by atoms with Gasteiger partial charge in [0.2, 0.25) is 0 Å². The Morgan fingerprint density at radius 1 is 1.29 bits per heavy atom. The minimum Gasteiger partial charge on any atom is -0.334 e. The third-order valence-corrected chi connectivity index (χ3v) is 3.26. The van der Waals surface area contributed by atoms with E-state index in [9.17, 15) is 13.2 Å². The normalized spacial score (nSPS) is 11.8. The predicted molar refractivity (Wildman–Crippen MR) is 61.5 cm³/mol. The minimum atomic E-state index is -4.40. The van der Waals surface area contributed by atoms with Gasteiger partial charge in [0.05, 0.1) is 6.20 Å². The molecular weight excluding hydrogens is 297 g/mol. The van der Waals surface area contributed by atoms with E-state index >= 15 is 0 Å². The Hall–Kier alpha value is -1.30. The number of alkyl halides is 3. The number of nitrogens with zero attached hydrogens (tertiary/aromatic N) is 1. The van der Waals surface area contributed by atoms with Crippen LogP contribution in [0.4, 0.5) is 13.2 Å². The Bertz CT molecular complexity index is 546. The van der Waals surface area contributed by atoms with E-state index in [1.165, 1.54) is 0 Å². The van der Waals surface area contributed by atoms with Crippen LogP contribution in [-0.4, -0.2) is 9.97 Å². The topological polar surface area (TPSA) is 28.7 Å². The van der Waals surface area contributed by atoms with Crippen LogP contribution in [0.5, 0.6) is 0 Å². The Balaban J connectivity index is 2.48. The maximum atomic E-state index is 12.4. The van der Waals surface area contributed by atoms with Crippen LogP contribution in [0.3, 0.4) is 0 Å². The van der Waals surface area contributed by atoms with Gasteiger partial charge < -0.3 is 4.98 Å². The lowest BCUT2D eigenvalue weighted by Crippen LogP contribution is -2.04. The second kappa shape index (κ2) is 4.18. The first kappa shape index (κ1) is 12.2. The number of imidazole rings is 1. The van der Waals surface area contributed by atoms with Gasteiger partial charge >= 0.3 is 6.18 Å². The summed E-state index contributed by atoms with van der Waals surface area (Å²) in [4.78, 5) is 6.04. The quantitative estimate of drug-likeness (QED) is 0.842. The summed E-state index contributed by atoms with van der Waals surface area (Å²) in [5, 5.41) is 0. The number of benzene rings is 1. The van der Waals surface area contributed by atoms with Crippen molar-refractivity contribution in [2.24, 2.45) is 0 Å². The number of rotatable bonds is 1. The molecule has 0 aliphatic heterocycles. The second-order valence-corrected chi connectivity index (χ2v) is 4.41. The average Bonchev–Trinajstić information content (AvgIpc) is 2.70. The summed E-state index contributed by atoms with van der Waals surface area (Å²) in [7, 11) is 0. The van der Waals surface area contributed by atoms with Gasteiger partial charge in [-0.1, -0.05) is 28.1 Å². The molecule has 0 saturated heterocycles. The van der Waals surface area contributed by atoms with Crippen LogP contribution < -0.4 is 0 Å². The Kier molecular flexibility index (Phi) is 2.99. The molecule has 0 atom stereocenters. The molecule has 1 aromatic heterocycles. The van der Waals surface area contributed by atoms with Crippen molar-refractivity contribution < 1.29 is 13.2 Å². The molecule has 1 N–H and O–H groups in total. The highest BCUT2D eigenvalue weighted by molar-refractivity contribution is 9.10. The standard InChI is InChI=1S/C11H8BrF3N2/c1-6-7(3-2-4-8(6)12)10-16-5-9(17-10)11(13,14)15/h2-5H,1H3,(H,16,17). The number of hydrogen-bond donors (Lipinski definition) is 1. The van der Waals surface area contributed by atoms with Crippen LogP contribution >= 0.6 is 15.9 Å². The van der Waals surface area contributed by atoms with Crippen molar-refractivity contribution in [3.05, 3.63) is 40.1 Å². The largest absolute Gasteiger partial charge is 0.432 e. The summed E-state index contributed by atoms with van der Waals surface area (Å²) in [5.74, 6) is 0.219. The van der Waals surface area contributed by atoms with Crippen molar-refractivity contribution >= 4 is 15.9 Å². The average molecular weight is 305 g/mol. The van der Waals surface area contributed by atoms with Gasteiger partial charge in [-0.3, -0.25) is 0 Å². The SMILES string of the molecule is Cc1c(Br)cccc1-c1ncc(C(F)(F)F)[nH]1. The number of hydrogen-bond acceptors (Lipinski definition) is 1. The molecule has 0 aliphatic carbocycles. The smallest absolute Gasteiger partial charge is 0.334 e. The van der Waals surface area contributed by atoms with E-state index in [2.05, 4.69) is 25.9 Å². The third-order valence-electron chi connectivity index (χ3n) is 2.40. The molecule has 6 heteroatoms. The fourth-order valence-electron chi connectivity index (χ4n) is 1.47. The van der Waals surface area contributed by atoms with Crippen molar-refractivity contribution in [1.29, 1.82) is 0 Å². The maximum absolute atomic E-state index is 12.4. The van der Waals surface area contributed by atoms with Crippen LogP contribution in [0, 0.1) is 6.92 Å². The zero-order valence-electron chi connectivity index (χ0n) is 8.77. The van der Waals surface area contributed by atoms with Crippen LogP contribution in [0.2, 0.25) is 0 Å². The van der Waals surface area contributed by atoms with Crippen molar-refractivity contribution in [3.8, 4) is 11.4 Å². The molecule has 0 saturated carbocycles. The van der Waals surface area contributed by atoms with Crippen LogP contribution in [-0.2, 0) is 6.18 Å². The molecule has 0 bridgehead atoms. The zero-order valence-corrected chi connectivity index (χ0v) is 10.4. The summed E-state index contributed by atoms with van der Waals surface area (Å²) >= 11 is 3.33. The summed E-state index contributed by atoms with van der Waals surface area (Å²) < 4.78 is 38.1. The molecule has 1 aromatic carbocycles. The highest BCUT2D eigenvalue weighted by atomic mass is 79.9. The number of nitrogens with one attached hydrogen (secondary N) is 1. The van der Waals surface area contributed by atoms with Gasteiger partial charge in [0.25, 0.3) is 0 Å². The van der Waals surface area contributed by atoms with E-state index in [1.54, 1.807) is 12.1 Å². The van der Waals surface area contributed by atoms with E-state index in [4.69, 9.17) is 0 Å². The van der Waals surface area contributed by atoms with E-state index in [1.807, 2.05) is 13.0 Å². The van der Waals surface area contributed by atoms with Crippen molar-refractivity contribution in [2.45, 2.75) is 13.1 Å². The van der Waals surface area contributed by atoms with Crippen molar-refractivity contribution in [2.75, 3.05) is 0 Å². The van der Waals surface area contributed by atoms with Crippen LogP contribution in [0.25, 0.3) is 11.4 Å². The van der Waals surface area contributed by atoms with Gasteiger partial charge in [-0.25, -0.2) is 4.98 Å². The first-order valence-electron chi connectivity index (χ1n) is 4.77. The molecule has 90 valence electrons. The molecule has 0 amide bonds. The van der Waals surface area contributed by atoms with E-state index in [0.717, 1.165) is 16.2 Å². The van der Waals surface area contributed by atoms with Gasteiger partial charge in [0, 0.05) is 10.0 Å². The fraction of sp³-hybridized carbons (Fsp3) is 0.182. The number of aromatic amines is 1. The van der Waals surface area contributed by atoms with Gasteiger partial charge in [-0.05, 0) is 18.6 Å². The number of aromatic nitrogens is 2. The summed E-state index contributed by atoms with van der Waals surface area (Å²) in [6.45, 7) is 1.81. The first-order chi connectivity index (χ1) is 7.89. The Morgan fingerprint density at radius 2 is 2.00 bits per heavy atom. The predicted octanol–water partition coefficient (Wildman–Crippen LogP) is 4.17. The summed E-state index contributed by atoms with van der Waals surface area (Å²) in [5.41, 5.74) is 0.650. The van der Waals surface area contributed by atoms with Crippen molar-refractivity contribution in [1.82, 2.24) is 9.97 Å². The van der Waals surface area contributed by atoms with Crippen LogP contribution in [0.15, 0.2) is 28.9 Å². The van der Waals surface area contributed by atoms with E-state index < -0.39 is 11.9 Å². The minimum absolute atomic E-state index is 0.219. The highest BCUT2D eigenvalue weighted by Gasteiger charge is 2.33. The molecular formula is C11H8BrF3N2. The number of halogens is 4. The monoisotopic (exact) mass is 304 g/mol. The molecule has 0 spiro atoms. The highest BCUT2D eigenvalue weighted by Crippen LogP contribution is 2.31. The molecule has 1 heterocycles. The summed E-state index contributed by atoms with van der Waals surface area (Å²) in [6, 6.07) is 5.30. The Labute approximate surface area is 104 Å². The first-order valence-corrected chi connectivity index (χ1v) is 5.56. The van der Waals surface area contributed by atoms with Gasteiger partial charge in [0.1, 0.15) is 11.5 Å². The fourth-order valence-corrected chi connectivity index (χ4v) is 1.83. The van der Waals surface area contributed by atoms with Gasteiger partial charge in [0.15, 0.2) is 0 Å². The van der Waals surface area contributed by atoms with Crippen molar-refractivity contribution in [3.63, 3.8) is 0 Å². The molecule has 0 radical (unpaired) electrons. The zero-order chi connectivity index (χ0) is 12.6. The van der Waals surface area contributed by atoms with Gasteiger partial charge in [-0.15, -0.1) is 0 Å². The van der Waals surface area contributed by atoms with Crippen LogP contribution in [0.1, 0.15) is 11.3 Å². The molecule has 0 unspecified atom stereocenters. The van der Waals surface area contributed by atoms with E-state index in [0.29, 0.717) is 5.56 Å².